The Kier molecular flexibility index (Phi) is 5.46. The van der Waals surface area contributed by atoms with Crippen LogP contribution in [-0.2, 0) is 18.0 Å². The van der Waals surface area contributed by atoms with Crippen LogP contribution in [0, 0.1) is 11.7 Å². The van der Waals surface area contributed by atoms with Gasteiger partial charge in [0.1, 0.15) is 17.8 Å². The Morgan fingerprint density at radius 3 is 2.43 bits per heavy atom. The zero-order valence-corrected chi connectivity index (χ0v) is 15.9. The highest BCUT2D eigenvalue weighted by Gasteiger charge is 2.35. The molecule has 1 aromatic carbocycles. The Labute approximate surface area is 164 Å². The lowest BCUT2D eigenvalue weighted by atomic mass is 10.3. The number of carbonyl (C=O) groups excluding carboxylic acids is 1. The molecule has 0 radical (unpaired) electrons. The summed E-state index contributed by atoms with van der Waals surface area (Å²) < 4.78 is 53.9. The Morgan fingerprint density at radius 2 is 1.89 bits per heavy atom. The number of thioether (sulfide) groups is 1. The maximum Gasteiger partial charge on any atom is 0.431 e. The third kappa shape index (κ3) is 3.88. The van der Waals surface area contributed by atoms with Crippen LogP contribution in [-0.4, -0.2) is 20.7 Å². The highest BCUT2D eigenvalue weighted by atomic mass is 35.5. The average Bonchev–Trinajstić information content (AvgIpc) is 3.43. The van der Waals surface area contributed by atoms with Gasteiger partial charge in [0, 0.05) is 18.0 Å². The maximum absolute atomic E-state index is 14.4. The monoisotopic (exact) mass is 436 g/mol. The van der Waals surface area contributed by atoms with E-state index in [9.17, 15) is 31.9 Å². The smallest absolute Gasteiger partial charge is 0.302 e. The molecule has 1 fully saturated rings. The zero-order chi connectivity index (χ0) is 20.8. The number of hydrogen-bond acceptors (Lipinski definition) is 4. The summed E-state index contributed by atoms with van der Waals surface area (Å²) in [4.78, 5) is 36.1. The standard InChI is InChI=1S/C17H13ClF4N2O3S/c1-23-14(17(20,21)22)6-15(26)24(16(23)27)11-5-12(9(18)4-10(11)19)28-13(7-25)8-2-3-8/h4-8,13H,2-3H2,1H3. The molecule has 1 saturated carbocycles. The van der Waals surface area contributed by atoms with Crippen molar-refractivity contribution in [3.05, 3.63) is 55.6 Å². The number of aldehydes is 1. The molecule has 0 aliphatic heterocycles. The van der Waals surface area contributed by atoms with E-state index in [-0.39, 0.29) is 26.5 Å². The number of rotatable bonds is 5. The molecule has 0 N–H and O–H groups in total. The Morgan fingerprint density at radius 1 is 1.25 bits per heavy atom. The molecule has 1 aliphatic rings. The Balaban J connectivity index is 2.15. The highest BCUT2D eigenvalue weighted by molar-refractivity contribution is 8.00. The number of alkyl halides is 3. The second kappa shape index (κ2) is 7.40. The highest BCUT2D eigenvalue weighted by Crippen LogP contribution is 2.43. The number of halogens is 5. The van der Waals surface area contributed by atoms with Crippen molar-refractivity contribution >= 4 is 29.6 Å². The number of aromatic nitrogens is 2. The van der Waals surface area contributed by atoms with Crippen LogP contribution in [0.4, 0.5) is 17.6 Å². The van der Waals surface area contributed by atoms with Gasteiger partial charge in [0.25, 0.3) is 5.56 Å². The third-order valence-electron chi connectivity index (χ3n) is 4.34. The predicted octanol–water partition coefficient (Wildman–Crippen LogP) is 3.42. The molecule has 1 aromatic heterocycles. The SMILES string of the molecule is Cn1c(C(F)(F)F)cc(=O)n(-c2cc(SC(C=O)C3CC3)c(Cl)cc2F)c1=O. The Hall–Kier alpha value is -2.07. The van der Waals surface area contributed by atoms with Gasteiger partial charge in [-0.15, -0.1) is 11.8 Å². The summed E-state index contributed by atoms with van der Waals surface area (Å²) >= 11 is 7.07. The van der Waals surface area contributed by atoms with Gasteiger partial charge in [-0.3, -0.25) is 9.36 Å². The van der Waals surface area contributed by atoms with E-state index in [4.69, 9.17) is 11.6 Å². The minimum Gasteiger partial charge on any atom is -0.302 e. The van der Waals surface area contributed by atoms with Crippen LogP contribution in [0.3, 0.4) is 0 Å². The lowest BCUT2D eigenvalue weighted by Gasteiger charge is -2.16. The molecule has 150 valence electrons. The van der Waals surface area contributed by atoms with Crippen molar-refractivity contribution < 1.29 is 22.4 Å². The molecular formula is C17H13ClF4N2O3S. The number of carbonyl (C=O) groups is 1. The van der Waals surface area contributed by atoms with Gasteiger partial charge in [0.2, 0.25) is 0 Å². The minimum atomic E-state index is -4.92. The van der Waals surface area contributed by atoms with Crippen LogP contribution in [0.5, 0.6) is 0 Å². The van der Waals surface area contributed by atoms with Gasteiger partial charge in [-0.2, -0.15) is 13.2 Å². The van der Waals surface area contributed by atoms with Crippen molar-refractivity contribution in [3.8, 4) is 5.69 Å². The summed E-state index contributed by atoms with van der Waals surface area (Å²) in [6, 6.07) is 2.18. The molecular weight excluding hydrogens is 424 g/mol. The fourth-order valence-electron chi connectivity index (χ4n) is 2.71. The molecule has 1 aliphatic carbocycles. The summed E-state index contributed by atoms with van der Waals surface area (Å²) in [6.07, 6.45) is -2.46. The first kappa shape index (κ1) is 20.7. The zero-order valence-electron chi connectivity index (χ0n) is 14.3. The summed E-state index contributed by atoms with van der Waals surface area (Å²) in [5.41, 5.74) is -4.67. The molecule has 3 rings (SSSR count). The van der Waals surface area contributed by atoms with Crippen LogP contribution >= 0.6 is 23.4 Å². The van der Waals surface area contributed by atoms with Crippen LogP contribution in [0.15, 0.2) is 32.7 Å². The second-order valence-corrected chi connectivity index (χ2v) is 7.96. The van der Waals surface area contributed by atoms with Crippen molar-refractivity contribution in [1.29, 1.82) is 0 Å². The van der Waals surface area contributed by atoms with Crippen molar-refractivity contribution in [2.75, 3.05) is 0 Å². The minimum absolute atomic E-state index is 0.0319. The van der Waals surface area contributed by atoms with E-state index in [0.29, 0.717) is 4.57 Å². The normalized spacial score (nSPS) is 15.5. The van der Waals surface area contributed by atoms with Gasteiger partial charge in [-0.1, -0.05) is 11.6 Å². The first-order valence-corrected chi connectivity index (χ1v) is 9.32. The molecule has 1 heterocycles. The van der Waals surface area contributed by atoms with E-state index in [1.165, 1.54) is 0 Å². The van der Waals surface area contributed by atoms with Crippen LogP contribution < -0.4 is 11.2 Å². The molecule has 0 spiro atoms. The van der Waals surface area contributed by atoms with E-state index < -0.39 is 39.9 Å². The van der Waals surface area contributed by atoms with Crippen LogP contribution in [0.25, 0.3) is 5.69 Å². The van der Waals surface area contributed by atoms with Crippen molar-refractivity contribution in [2.24, 2.45) is 13.0 Å². The van der Waals surface area contributed by atoms with Crippen molar-refractivity contribution in [1.82, 2.24) is 9.13 Å². The van der Waals surface area contributed by atoms with Gasteiger partial charge in [-0.05, 0) is 30.9 Å². The van der Waals surface area contributed by atoms with E-state index in [1.54, 1.807) is 0 Å². The van der Waals surface area contributed by atoms with E-state index in [2.05, 4.69) is 0 Å². The molecule has 28 heavy (non-hydrogen) atoms. The van der Waals surface area contributed by atoms with Gasteiger partial charge in [-0.25, -0.2) is 13.8 Å². The van der Waals surface area contributed by atoms with Gasteiger partial charge in [0.15, 0.2) is 0 Å². The summed E-state index contributed by atoms with van der Waals surface area (Å²) in [5.74, 6) is -0.892. The van der Waals surface area contributed by atoms with E-state index in [1.807, 2.05) is 0 Å². The van der Waals surface area contributed by atoms with Crippen LogP contribution in [0.2, 0.25) is 5.02 Å². The molecule has 11 heteroatoms. The van der Waals surface area contributed by atoms with Crippen LogP contribution in [0.1, 0.15) is 18.5 Å². The largest absolute Gasteiger partial charge is 0.431 e. The molecule has 2 aromatic rings. The summed E-state index contributed by atoms with van der Waals surface area (Å²) in [5, 5.41) is -0.460. The lowest BCUT2D eigenvalue weighted by Crippen LogP contribution is -2.41. The summed E-state index contributed by atoms with van der Waals surface area (Å²) in [6.45, 7) is 0. The quantitative estimate of drug-likeness (QED) is 0.409. The molecule has 1 unspecified atom stereocenters. The van der Waals surface area contributed by atoms with E-state index >= 15 is 0 Å². The topological polar surface area (TPSA) is 61.1 Å². The maximum atomic E-state index is 14.4. The van der Waals surface area contributed by atoms with Crippen molar-refractivity contribution in [2.45, 2.75) is 29.2 Å². The average molecular weight is 437 g/mol. The molecule has 0 saturated heterocycles. The third-order valence-corrected chi connectivity index (χ3v) is 6.12. The van der Waals surface area contributed by atoms with Gasteiger partial charge in [0.05, 0.1) is 16.0 Å². The van der Waals surface area contributed by atoms with Crippen molar-refractivity contribution in [3.63, 3.8) is 0 Å². The molecule has 5 nitrogen and oxygen atoms in total. The van der Waals surface area contributed by atoms with E-state index in [0.717, 1.165) is 50.1 Å². The summed E-state index contributed by atoms with van der Waals surface area (Å²) in [7, 11) is 0.833. The molecule has 0 bridgehead atoms. The second-order valence-electron chi connectivity index (χ2n) is 6.33. The Bertz CT molecular complexity index is 1060. The first-order valence-electron chi connectivity index (χ1n) is 8.06. The fraction of sp³-hybridized carbons (Fsp3) is 0.353. The number of nitrogens with zero attached hydrogens (tertiary/aromatic N) is 2. The number of hydrogen-bond donors (Lipinski definition) is 0. The lowest BCUT2D eigenvalue weighted by molar-refractivity contribution is -0.144. The van der Waals surface area contributed by atoms with Gasteiger partial charge >= 0.3 is 11.9 Å². The number of benzene rings is 1. The molecule has 0 amide bonds. The first-order chi connectivity index (χ1) is 13.0. The molecule has 1 atom stereocenters. The van der Waals surface area contributed by atoms with Gasteiger partial charge < -0.3 is 4.79 Å². The predicted molar refractivity (Wildman–Crippen MR) is 95.7 cm³/mol. The fourth-order valence-corrected chi connectivity index (χ4v) is 4.15.